The van der Waals surface area contributed by atoms with Crippen LogP contribution in [0.15, 0.2) is 35.2 Å². The maximum atomic E-state index is 12.7. The minimum atomic E-state index is -3.65. The molecule has 1 N–H and O–H groups in total. The van der Waals surface area contributed by atoms with Crippen LogP contribution >= 0.6 is 11.6 Å². The van der Waals surface area contributed by atoms with Crippen molar-refractivity contribution in [3.8, 4) is 0 Å². The van der Waals surface area contributed by atoms with Crippen molar-refractivity contribution in [3.05, 3.63) is 57.6 Å². The molecule has 0 aliphatic carbocycles. The molecule has 2 aromatic carbocycles. The van der Waals surface area contributed by atoms with E-state index in [1.165, 1.54) is 0 Å². The van der Waals surface area contributed by atoms with E-state index in [0.29, 0.717) is 15.6 Å². The minimum Gasteiger partial charge on any atom is -0.280 e. The van der Waals surface area contributed by atoms with Crippen molar-refractivity contribution >= 4 is 27.3 Å². The fraction of sp³-hybridized carbons (Fsp3) is 0.250. The van der Waals surface area contributed by atoms with Gasteiger partial charge in [-0.3, -0.25) is 4.72 Å². The lowest BCUT2D eigenvalue weighted by Gasteiger charge is -2.16. The molecule has 21 heavy (non-hydrogen) atoms. The Morgan fingerprint density at radius 1 is 0.952 bits per heavy atom. The van der Waals surface area contributed by atoms with E-state index < -0.39 is 10.0 Å². The average Bonchev–Trinajstić information content (AvgIpc) is 2.35. The topological polar surface area (TPSA) is 46.2 Å². The number of hydrogen-bond donors (Lipinski definition) is 1. The standard InChI is InChI=1S/C16H18ClNO2S/c1-10-8-11(2)13(4)16(12(10)3)21(19,20)18-15-7-5-6-14(17)9-15/h5-9,18H,1-4H3. The zero-order valence-electron chi connectivity index (χ0n) is 12.5. The Hall–Kier alpha value is -1.52. The van der Waals surface area contributed by atoms with Crippen molar-refractivity contribution in [2.75, 3.05) is 4.72 Å². The van der Waals surface area contributed by atoms with Gasteiger partial charge in [-0.2, -0.15) is 0 Å². The van der Waals surface area contributed by atoms with E-state index in [9.17, 15) is 8.42 Å². The summed E-state index contributed by atoms with van der Waals surface area (Å²) >= 11 is 5.90. The first kappa shape index (κ1) is 15.9. The molecule has 0 spiro atoms. The normalized spacial score (nSPS) is 11.5. The van der Waals surface area contributed by atoms with Gasteiger partial charge < -0.3 is 0 Å². The van der Waals surface area contributed by atoms with Crippen LogP contribution in [-0.4, -0.2) is 8.42 Å². The summed E-state index contributed by atoms with van der Waals surface area (Å²) in [5.41, 5.74) is 3.93. The number of anilines is 1. The van der Waals surface area contributed by atoms with E-state index in [0.717, 1.165) is 22.3 Å². The van der Waals surface area contributed by atoms with Gasteiger partial charge in [0, 0.05) is 5.02 Å². The molecule has 0 amide bonds. The lowest BCUT2D eigenvalue weighted by atomic mass is 10.0. The van der Waals surface area contributed by atoms with Gasteiger partial charge in [-0.25, -0.2) is 8.42 Å². The summed E-state index contributed by atoms with van der Waals surface area (Å²) in [5, 5.41) is 0.490. The summed E-state index contributed by atoms with van der Waals surface area (Å²) in [6, 6.07) is 8.68. The lowest BCUT2D eigenvalue weighted by molar-refractivity contribution is 0.599. The van der Waals surface area contributed by atoms with Gasteiger partial charge in [0.1, 0.15) is 0 Å². The summed E-state index contributed by atoms with van der Waals surface area (Å²) in [6.07, 6.45) is 0. The van der Waals surface area contributed by atoms with Gasteiger partial charge in [-0.05, 0) is 68.1 Å². The molecule has 0 aliphatic heterocycles. The molecule has 0 saturated heterocycles. The Morgan fingerprint density at radius 3 is 2.05 bits per heavy atom. The largest absolute Gasteiger partial charge is 0.280 e. The highest BCUT2D eigenvalue weighted by atomic mass is 35.5. The number of halogens is 1. The highest BCUT2D eigenvalue weighted by Crippen LogP contribution is 2.28. The molecule has 2 aromatic rings. The van der Waals surface area contributed by atoms with Crippen molar-refractivity contribution in [1.29, 1.82) is 0 Å². The van der Waals surface area contributed by atoms with Crippen LogP contribution in [0.25, 0.3) is 0 Å². The monoisotopic (exact) mass is 323 g/mol. The first-order valence-corrected chi connectivity index (χ1v) is 8.44. The number of hydrogen-bond acceptors (Lipinski definition) is 2. The first-order valence-electron chi connectivity index (χ1n) is 6.58. The fourth-order valence-electron chi connectivity index (χ4n) is 2.34. The van der Waals surface area contributed by atoms with Crippen LogP contribution in [0, 0.1) is 27.7 Å². The summed E-state index contributed by atoms with van der Waals surface area (Å²) in [4.78, 5) is 0.347. The van der Waals surface area contributed by atoms with E-state index in [2.05, 4.69) is 4.72 Å². The lowest BCUT2D eigenvalue weighted by Crippen LogP contribution is -2.17. The van der Waals surface area contributed by atoms with Gasteiger partial charge in [-0.1, -0.05) is 23.7 Å². The molecule has 2 rings (SSSR count). The molecule has 0 bridgehead atoms. The summed E-state index contributed by atoms with van der Waals surface area (Å²) in [5.74, 6) is 0. The summed E-state index contributed by atoms with van der Waals surface area (Å²) in [7, 11) is -3.65. The zero-order valence-corrected chi connectivity index (χ0v) is 14.1. The molecule has 0 aliphatic rings. The van der Waals surface area contributed by atoms with Crippen LogP contribution in [0.3, 0.4) is 0 Å². The fourth-order valence-corrected chi connectivity index (χ4v) is 4.20. The number of aryl methyl sites for hydroxylation is 2. The van der Waals surface area contributed by atoms with Crippen LogP contribution in [-0.2, 0) is 10.0 Å². The van der Waals surface area contributed by atoms with Gasteiger partial charge in [0.05, 0.1) is 10.6 Å². The highest BCUT2D eigenvalue weighted by molar-refractivity contribution is 7.92. The van der Waals surface area contributed by atoms with Crippen LogP contribution in [0.1, 0.15) is 22.3 Å². The molecule has 0 heterocycles. The van der Waals surface area contributed by atoms with Crippen molar-refractivity contribution in [1.82, 2.24) is 0 Å². The molecule has 5 heteroatoms. The third kappa shape index (κ3) is 3.22. The first-order chi connectivity index (χ1) is 9.72. The number of benzene rings is 2. The van der Waals surface area contributed by atoms with E-state index >= 15 is 0 Å². The maximum Gasteiger partial charge on any atom is 0.262 e. The van der Waals surface area contributed by atoms with Gasteiger partial charge in [0.15, 0.2) is 0 Å². The van der Waals surface area contributed by atoms with Gasteiger partial charge >= 0.3 is 0 Å². The number of sulfonamides is 1. The zero-order chi connectivity index (χ0) is 15.8. The molecular formula is C16H18ClNO2S. The van der Waals surface area contributed by atoms with Crippen molar-refractivity contribution < 1.29 is 8.42 Å². The number of nitrogens with one attached hydrogen (secondary N) is 1. The van der Waals surface area contributed by atoms with Gasteiger partial charge in [-0.15, -0.1) is 0 Å². The van der Waals surface area contributed by atoms with Crippen molar-refractivity contribution in [2.24, 2.45) is 0 Å². The Balaban J connectivity index is 2.55. The van der Waals surface area contributed by atoms with Gasteiger partial charge in [0.2, 0.25) is 0 Å². The van der Waals surface area contributed by atoms with E-state index in [-0.39, 0.29) is 0 Å². The predicted molar refractivity (Wildman–Crippen MR) is 87.7 cm³/mol. The van der Waals surface area contributed by atoms with E-state index in [1.807, 2.05) is 33.8 Å². The van der Waals surface area contributed by atoms with Crippen LogP contribution < -0.4 is 4.72 Å². The molecular weight excluding hydrogens is 306 g/mol. The average molecular weight is 324 g/mol. The Morgan fingerprint density at radius 2 is 1.52 bits per heavy atom. The molecule has 0 fully saturated rings. The van der Waals surface area contributed by atoms with Crippen molar-refractivity contribution in [2.45, 2.75) is 32.6 Å². The third-order valence-electron chi connectivity index (χ3n) is 3.64. The van der Waals surface area contributed by atoms with E-state index in [4.69, 9.17) is 11.6 Å². The minimum absolute atomic E-state index is 0.347. The van der Waals surface area contributed by atoms with Gasteiger partial charge in [0.25, 0.3) is 10.0 Å². The molecule has 3 nitrogen and oxygen atoms in total. The molecule has 0 atom stereocenters. The molecule has 0 unspecified atom stereocenters. The molecule has 0 radical (unpaired) electrons. The summed E-state index contributed by atoms with van der Waals surface area (Å²) in [6.45, 7) is 7.49. The van der Waals surface area contributed by atoms with Crippen LogP contribution in [0.5, 0.6) is 0 Å². The SMILES string of the molecule is Cc1cc(C)c(C)c(S(=O)(=O)Nc2cccc(Cl)c2)c1C. The quantitative estimate of drug-likeness (QED) is 0.911. The summed E-state index contributed by atoms with van der Waals surface area (Å²) < 4.78 is 28.0. The second-order valence-corrected chi connectivity index (χ2v) is 7.26. The Kier molecular flexibility index (Phi) is 4.30. The molecule has 0 aromatic heterocycles. The Bertz CT molecular complexity index is 772. The maximum absolute atomic E-state index is 12.7. The highest BCUT2D eigenvalue weighted by Gasteiger charge is 2.22. The van der Waals surface area contributed by atoms with Crippen LogP contribution in [0.2, 0.25) is 5.02 Å². The smallest absolute Gasteiger partial charge is 0.262 e. The second kappa shape index (κ2) is 5.70. The second-order valence-electron chi connectivity index (χ2n) is 5.21. The third-order valence-corrected chi connectivity index (χ3v) is 5.53. The predicted octanol–water partition coefficient (Wildman–Crippen LogP) is 4.37. The van der Waals surface area contributed by atoms with E-state index in [1.54, 1.807) is 24.3 Å². The molecule has 0 saturated carbocycles. The number of rotatable bonds is 3. The Labute approximate surface area is 131 Å². The van der Waals surface area contributed by atoms with Crippen molar-refractivity contribution in [3.63, 3.8) is 0 Å². The van der Waals surface area contributed by atoms with Crippen LogP contribution in [0.4, 0.5) is 5.69 Å². The molecule has 112 valence electrons.